The first-order chi connectivity index (χ1) is 6.39. The predicted molar refractivity (Wildman–Crippen MR) is 60.2 cm³/mol. The van der Waals surface area contributed by atoms with E-state index in [4.69, 9.17) is 0 Å². The van der Waals surface area contributed by atoms with Crippen LogP contribution in [0, 0.1) is 5.41 Å². The first kappa shape index (κ1) is 13.7. The zero-order valence-electron chi connectivity index (χ0n) is 9.71. The van der Waals surface area contributed by atoms with Crippen molar-refractivity contribution in [1.82, 2.24) is 0 Å². The SMILES string of the molecule is C=CC(C)(O)CCCC(C)(CC)CO. The maximum Gasteiger partial charge on any atom is 0.0797 e. The van der Waals surface area contributed by atoms with Crippen molar-refractivity contribution in [3.05, 3.63) is 12.7 Å². The molecule has 0 spiro atoms. The minimum atomic E-state index is -0.760. The summed E-state index contributed by atoms with van der Waals surface area (Å²) in [6.45, 7) is 9.74. The van der Waals surface area contributed by atoms with Gasteiger partial charge in [-0.05, 0) is 38.0 Å². The molecule has 2 atom stereocenters. The second kappa shape index (κ2) is 5.52. The second-order valence-corrected chi connectivity index (χ2v) is 4.74. The highest BCUT2D eigenvalue weighted by Gasteiger charge is 2.22. The second-order valence-electron chi connectivity index (χ2n) is 4.74. The lowest BCUT2D eigenvalue weighted by Gasteiger charge is -2.27. The van der Waals surface area contributed by atoms with Gasteiger partial charge in [0.2, 0.25) is 0 Å². The molecule has 0 amide bonds. The fourth-order valence-corrected chi connectivity index (χ4v) is 1.34. The molecule has 0 aliphatic heterocycles. The van der Waals surface area contributed by atoms with Gasteiger partial charge in [0.1, 0.15) is 0 Å². The predicted octanol–water partition coefficient (Wildman–Crippen LogP) is 2.50. The Bertz CT molecular complexity index is 169. The Morgan fingerprint density at radius 2 is 1.86 bits per heavy atom. The van der Waals surface area contributed by atoms with Gasteiger partial charge >= 0.3 is 0 Å². The molecule has 2 unspecified atom stereocenters. The van der Waals surface area contributed by atoms with E-state index in [0.29, 0.717) is 6.42 Å². The van der Waals surface area contributed by atoms with Crippen molar-refractivity contribution in [1.29, 1.82) is 0 Å². The number of hydrogen-bond acceptors (Lipinski definition) is 2. The van der Waals surface area contributed by atoms with Crippen LogP contribution in [0.15, 0.2) is 12.7 Å². The van der Waals surface area contributed by atoms with Crippen LogP contribution < -0.4 is 0 Å². The largest absolute Gasteiger partial charge is 0.396 e. The average Bonchev–Trinajstić information content (AvgIpc) is 2.17. The number of rotatable bonds is 7. The number of aliphatic hydroxyl groups is 2. The Morgan fingerprint density at radius 1 is 1.29 bits per heavy atom. The molecule has 0 aliphatic rings. The van der Waals surface area contributed by atoms with Gasteiger partial charge in [-0.25, -0.2) is 0 Å². The molecule has 2 nitrogen and oxygen atoms in total. The van der Waals surface area contributed by atoms with Crippen LogP contribution in [0.1, 0.15) is 46.5 Å². The Morgan fingerprint density at radius 3 is 2.21 bits per heavy atom. The molecule has 0 rings (SSSR count). The van der Waals surface area contributed by atoms with Gasteiger partial charge in [-0.3, -0.25) is 0 Å². The molecule has 84 valence electrons. The molecule has 0 saturated heterocycles. The molecular formula is C12H24O2. The normalized spacial score (nSPS) is 19.8. The molecule has 2 heteroatoms. The highest BCUT2D eigenvalue weighted by atomic mass is 16.3. The van der Waals surface area contributed by atoms with Gasteiger partial charge in [0.05, 0.1) is 5.60 Å². The molecule has 0 aliphatic carbocycles. The third-order valence-electron chi connectivity index (χ3n) is 3.14. The van der Waals surface area contributed by atoms with Gasteiger partial charge in [-0.2, -0.15) is 0 Å². The fraction of sp³-hybridized carbons (Fsp3) is 0.833. The molecule has 0 radical (unpaired) electrons. The summed E-state index contributed by atoms with van der Waals surface area (Å²) in [5.41, 5.74) is -0.749. The lowest BCUT2D eigenvalue weighted by molar-refractivity contribution is 0.0818. The van der Waals surface area contributed by atoms with E-state index >= 15 is 0 Å². The fourth-order valence-electron chi connectivity index (χ4n) is 1.34. The van der Waals surface area contributed by atoms with Crippen molar-refractivity contribution < 1.29 is 10.2 Å². The van der Waals surface area contributed by atoms with Gasteiger partial charge < -0.3 is 10.2 Å². The van der Waals surface area contributed by atoms with E-state index in [2.05, 4.69) is 20.4 Å². The van der Waals surface area contributed by atoms with Gasteiger partial charge in [0, 0.05) is 6.61 Å². The lowest BCUT2D eigenvalue weighted by Crippen LogP contribution is -2.24. The zero-order chi connectivity index (χ0) is 11.2. The van der Waals surface area contributed by atoms with Gasteiger partial charge in [0.25, 0.3) is 0 Å². The lowest BCUT2D eigenvalue weighted by atomic mass is 9.82. The van der Waals surface area contributed by atoms with Crippen LogP contribution in [-0.4, -0.2) is 22.4 Å². The van der Waals surface area contributed by atoms with Crippen molar-refractivity contribution in [3.63, 3.8) is 0 Å². The smallest absolute Gasteiger partial charge is 0.0797 e. The van der Waals surface area contributed by atoms with Crippen molar-refractivity contribution in [2.75, 3.05) is 6.61 Å². The van der Waals surface area contributed by atoms with Crippen molar-refractivity contribution in [2.24, 2.45) is 5.41 Å². The summed E-state index contributed by atoms with van der Waals surface area (Å²) < 4.78 is 0. The Kier molecular flexibility index (Phi) is 5.38. The van der Waals surface area contributed by atoms with E-state index in [1.807, 2.05) is 0 Å². The number of hydrogen-bond donors (Lipinski definition) is 2. The molecule has 0 aromatic heterocycles. The zero-order valence-corrected chi connectivity index (χ0v) is 9.71. The molecular weight excluding hydrogens is 176 g/mol. The number of aliphatic hydroxyl groups excluding tert-OH is 1. The quantitative estimate of drug-likeness (QED) is 0.620. The van der Waals surface area contributed by atoms with Gasteiger partial charge in [0.15, 0.2) is 0 Å². The van der Waals surface area contributed by atoms with Crippen LogP contribution >= 0.6 is 0 Å². The van der Waals surface area contributed by atoms with Gasteiger partial charge in [-0.15, -0.1) is 6.58 Å². The van der Waals surface area contributed by atoms with Crippen LogP contribution in [0.4, 0.5) is 0 Å². The highest BCUT2D eigenvalue weighted by Crippen LogP contribution is 2.28. The summed E-state index contributed by atoms with van der Waals surface area (Å²) in [6, 6.07) is 0. The maximum absolute atomic E-state index is 9.68. The summed E-state index contributed by atoms with van der Waals surface area (Å²) in [5.74, 6) is 0. The summed E-state index contributed by atoms with van der Waals surface area (Å²) in [6.07, 6.45) is 5.13. The van der Waals surface area contributed by atoms with E-state index in [1.54, 1.807) is 13.0 Å². The van der Waals surface area contributed by atoms with Crippen molar-refractivity contribution in [2.45, 2.75) is 52.1 Å². The Labute approximate surface area is 87.7 Å². The van der Waals surface area contributed by atoms with Gasteiger partial charge in [-0.1, -0.05) is 19.9 Å². The summed E-state index contributed by atoms with van der Waals surface area (Å²) >= 11 is 0. The third kappa shape index (κ3) is 4.77. The van der Waals surface area contributed by atoms with E-state index in [9.17, 15) is 10.2 Å². The molecule has 0 aromatic carbocycles. The molecule has 0 aromatic rings. The van der Waals surface area contributed by atoms with Crippen LogP contribution in [0.5, 0.6) is 0 Å². The molecule has 0 fully saturated rings. The molecule has 0 saturated carbocycles. The van der Waals surface area contributed by atoms with E-state index in [1.165, 1.54) is 0 Å². The summed E-state index contributed by atoms with van der Waals surface area (Å²) in [4.78, 5) is 0. The first-order valence-corrected chi connectivity index (χ1v) is 5.36. The average molecular weight is 200 g/mol. The van der Waals surface area contributed by atoms with E-state index in [-0.39, 0.29) is 12.0 Å². The standard InChI is InChI=1S/C12H24O2/c1-5-11(3,10-13)8-7-9-12(4,14)6-2/h6,13-14H,2,5,7-10H2,1,3-4H3. The monoisotopic (exact) mass is 200 g/mol. The van der Waals surface area contributed by atoms with Crippen LogP contribution in [-0.2, 0) is 0 Å². The Balaban J connectivity index is 3.89. The Hall–Kier alpha value is -0.340. The van der Waals surface area contributed by atoms with Crippen LogP contribution in [0.2, 0.25) is 0 Å². The molecule has 2 N–H and O–H groups in total. The highest BCUT2D eigenvalue weighted by molar-refractivity contribution is 4.91. The molecule has 0 heterocycles. The van der Waals surface area contributed by atoms with E-state index in [0.717, 1.165) is 19.3 Å². The summed E-state index contributed by atoms with van der Waals surface area (Å²) in [7, 11) is 0. The topological polar surface area (TPSA) is 40.5 Å². The van der Waals surface area contributed by atoms with Crippen LogP contribution in [0.3, 0.4) is 0 Å². The van der Waals surface area contributed by atoms with Crippen molar-refractivity contribution in [3.8, 4) is 0 Å². The molecule has 14 heavy (non-hydrogen) atoms. The minimum Gasteiger partial charge on any atom is -0.396 e. The minimum absolute atomic E-state index is 0.0112. The van der Waals surface area contributed by atoms with E-state index < -0.39 is 5.60 Å². The third-order valence-corrected chi connectivity index (χ3v) is 3.14. The molecule has 0 bridgehead atoms. The van der Waals surface area contributed by atoms with Crippen LogP contribution in [0.25, 0.3) is 0 Å². The maximum atomic E-state index is 9.68. The van der Waals surface area contributed by atoms with Crippen molar-refractivity contribution >= 4 is 0 Å². The summed E-state index contributed by atoms with van der Waals surface area (Å²) in [5, 5.41) is 18.9. The first-order valence-electron chi connectivity index (χ1n) is 5.36.